The van der Waals surface area contributed by atoms with Crippen LogP contribution in [0.5, 0.6) is 0 Å². The van der Waals surface area contributed by atoms with Crippen molar-refractivity contribution >= 4 is 0 Å². The molecule has 3 heteroatoms. The monoisotopic (exact) mass is 187 g/mol. The van der Waals surface area contributed by atoms with Crippen LogP contribution in [0.2, 0.25) is 0 Å². The van der Waals surface area contributed by atoms with E-state index in [0.29, 0.717) is 13.2 Å². The lowest BCUT2D eigenvalue weighted by Crippen LogP contribution is -2.09. The van der Waals surface area contributed by atoms with E-state index in [-0.39, 0.29) is 6.10 Å². The Morgan fingerprint density at radius 3 is 2.62 bits per heavy atom. The predicted octanol–water partition coefficient (Wildman–Crippen LogP) is 1.33. The second-order valence-corrected chi connectivity index (χ2v) is 3.11. The molecule has 13 heavy (non-hydrogen) atoms. The molecule has 1 unspecified atom stereocenters. The van der Waals surface area contributed by atoms with Crippen molar-refractivity contribution in [3.8, 4) is 0 Å². The van der Waals surface area contributed by atoms with Gasteiger partial charge in [-0.3, -0.25) is 0 Å². The largest absolute Gasteiger partial charge is 0.381 e. The Morgan fingerprint density at radius 2 is 2.15 bits per heavy atom. The van der Waals surface area contributed by atoms with Crippen LogP contribution in [0, 0.1) is 0 Å². The number of nitrogens with two attached hydrogens (primary N) is 1. The van der Waals surface area contributed by atoms with E-state index < -0.39 is 0 Å². The van der Waals surface area contributed by atoms with Crippen molar-refractivity contribution in [1.82, 2.24) is 0 Å². The summed E-state index contributed by atoms with van der Waals surface area (Å²) in [4.78, 5) is 0. The highest BCUT2D eigenvalue weighted by atomic mass is 16.5. The Bertz CT molecular complexity index is 146. The zero-order valence-electron chi connectivity index (χ0n) is 8.88. The third-order valence-corrected chi connectivity index (χ3v) is 1.96. The first-order valence-electron chi connectivity index (χ1n) is 4.64. The maximum absolute atomic E-state index is 5.50. The van der Waals surface area contributed by atoms with Gasteiger partial charge < -0.3 is 15.2 Å². The summed E-state index contributed by atoms with van der Waals surface area (Å²) < 4.78 is 10.2. The molecule has 0 spiro atoms. The van der Waals surface area contributed by atoms with E-state index in [0.717, 1.165) is 12.8 Å². The summed E-state index contributed by atoms with van der Waals surface area (Å²) >= 11 is 0. The minimum absolute atomic E-state index is 0.259. The fraction of sp³-hybridized carbons (Fsp3) is 0.800. The first-order valence-corrected chi connectivity index (χ1v) is 4.64. The molecule has 2 N–H and O–H groups in total. The van der Waals surface area contributed by atoms with E-state index in [4.69, 9.17) is 15.2 Å². The number of hydrogen-bond donors (Lipinski definition) is 1. The van der Waals surface area contributed by atoms with Gasteiger partial charge in [-0.2, -0.15) is 0 Å². The van der Waals surface area contributed by atoms with Crippen LogP contribution in [0.4, 0.5) is 0 Å². The molecule has 0 bridgehead atoms. The summed E-state index contributed by atoms with van der Waals surface area (Å²) in [6.45, 7) is 3.40. The Morgan fingerprint density at radius 1 is 1.46 bits per heavy atom. The summed E-state index contributed by atoms with van der Waals surface area (Å²) in [5.41, 5.74) is 6.81. The van der Waals surface area contributed by atoms with E-state index in [9.17, 15) is 0 Å². The molecule has 0 aliphatic rings. The Hall–Kier alpha value is -0.380. The zero-order valence-corrected chi connectivity index (χ0v) is 8.88. The molecule has 0 aromatic carbocycles. The molecule has 0 saturated heterocycles. The van der Waals surface area contributed by atoms with Gasteiger partial charge in [0.25, 0.3) is 0 Å². The predicted molar refractivity (Wildman–Crippen MR) is 54.7 cm³/mol. The Balaban J connectivity index is 3.92. The van der Waals surface area contributed by atoms with Gasteiger partial charge >= 0.3 is 0 Å². The smallest absolute Gasteiger partial charge is 0.0646 e. The quantitative estimate of drug-likeness (QED) is 0.612. The molecule has 0 amide bonds. The molecular formula is C10H21NO2. The second kappa shape index (κ2) is 8.23. The summed E-state index contributed by atoms with van der Waals surface area (Å²) in [7, 11) is 3.41. The van der Waals surface area contributed by atoms with E-state index in [1.807, 2.05) is 0 Å². The maximum Gasteiger partial charge on any atom is 0.0646 e. The van der Waals surface area contributed by atoms with Crippen LogP contribution in [-0.2, 0) is 9.47 Å². The highest BCUT2D eigenvalue weighted by molar-refractivity contribution is 5.03. The minimum Gasteiger partial charge on any atom is -0.381 e. The minimum atomic E-state index is 0.259. The fourth-order valence-corrected chi connectivity index (χ4v) is 1.13. The van der Waals surface area contributed by atoms with E-state index in [1.54, 1.807) is 14.2 Å². The van der Waals surface area contributed by atoms with Crippen LogP contribution in [0.25, 0.3) is 0 Å². The standard InChI is InChI=1S/C10H21NO2/c1-9(13-3)8-10(4-6-11)5-7-12-2/h5,9H,4,6-8,11H2,1-3H3/b10-5-. The number of rotatable bonds is 7. The molecule has 0 rings (SSSR count). The van der Waals surface area contributed by atoms with Crippen LogP contribution in [0.15, 0.2) is 11.6 Å². The molecule has 0 heterocycles. The summed E-state index contributed by atoms with van der Waals surface area (Å²) in [6, 6.07) is 0. The van der Waals surface area contributed by atoms with Crippen LogP contribution < -0.4 is 5.73 Å². The van der Waals surface area contributed by atoms with Crippen molar-refractivity contribution in [3.63, 3.8) is 0 Å². The van der Waals surface area contributed by atoms with Gasteiger partial charge in [0, 0.05) is 14.2 Å². The van der Waals surface area contributed by atoms with Gasteiger partial charge in [-0.15, -0.1) is 0 Å². The lowest BCUT2D eigenvalue weighted by molar-refractivity contribution is 0.117. The molecule has 78 valence electrons. The first kappa shape index (κ1) is 12.6. The van der Waals surface area contributed by atoms with Gasteiger partial charge in [0.1, 0.15) is 0 Å². The van der Waals surface area contributed by atoms with Crippen LogP contribution in [-0.4, -0.2) is 33.5 Å². The molecule has 0 saturated carbocycles. The molecule has 0 aromatic heterocycles. The molecule has 0 aliphatic heterocycles. The topological polar surface area (TPSA) is 44.5 Å². The molecule has 3 nitrogen and oxygen atoms in total. The third kappa shape index (κ3) is 6.75. The van der Waals surface area contributed by atoms with Crippen molar-refractivity contribution in [3.05, 3.63) is 11.6 Å². The lowest BCUT2D eigenvalue weighted by Gasteiger charge is -2.12. The molecule has 1 atom stereocenters. The van der Waals surface area contributed by atoms with Crippen molar-refractivity contribution in [2.24, 2.45) is 5.73 Å². The van der Waals surface area contributed by atoms with Crippen LogP contribution in [0.1, 0.15) is 19.8 Å². The average molecular weight is 187 g/mol. The van der Waals surface area contributed by atoms with Gasteiger partial charge in [-0.1, -0.05) is 11.6 Å². The molecule has 0 aromatic rings. The van der Waals surface area contributed by atoms with Gasteiger partial charge in [0.2, 0.25) is 0 Å². The summed E-state index contributed by atoms with van der Waals surface area (Å²) in [6.07, 6.45) is 4.21. The second-order valence-electron chi connectivity index (χ2n) is 3.11. The summed E-state index contributed by atoms with van der Waals surface area (Å²) in [5.74, 6) is 0. The number of hydrogen-bond acceptors (Lipinski definition) is 3. The third-order valence-electron chi connectivity index (χ3n) is 1.96. The molecule has 0 fully saturated rings. The molecule has 0 radical (unpaired) electrons. The van der Waals surface area contributed by atoms with Gasteiger partial charge in [-0.05, 0) is 26.3 Å². The normalized spacial score (nSPS) is 14.6. The number of ether oxygens (including phenoxy) is 2. The fourth-order valence-electron chi connectivity index (χ4n) is 1.13. The maximum atomic E-state index is 5.50. The zero-order chi connectivity index (χ0) is 10.1. The summed E-state index contributed by atoms with van der Waals surface area (Å²) in [5, 5.41) is 0. The Kier molecular flexibility index (Phi) is 7.99. The Labute approximate surface area is 80.9 Å². The van der Waals surface area contributed by atoms with Crippen molar-refractivity contribution < 1.29 is 9.47 Å². The van der Waals surface area contributed by atoms with Crippen LogP contribution in [0.3, 0.4) is 0 Å². The van der Waals surface area contributed by atoms with E-state index in [2.05, 4.69) is 13.0 Å². The van der Waals surface area contributed by atoms with Crippen LogP contribution >= 0.6 is 0 Å². The van der Waals surface area contributed by atoms with Crippen molar-refractivity contribution in [2.45, 2.75) is 25.9 Å². The van der Waals surface area contributed by atoms with E-state index in [1.165, 1.54) is 5.57 Å². The number of methoxy groups -OCH3 is 2. The van der Waals surface area contributed by atoms with Crippen molar-refractivity contribution in [1.29, 1.82) is 0 Å². The highest BCUT2D eigenvalue weighted by Gasteiger charge is 2.03. The van der Waals surface area contributed by atoms with Gasteiger partial charge in [-0.25, -0.2) is 0 Å². The van der Waals surface area contributed by atoms with E-state index >= 15 is 0 Å². The lowest BCUT2D eigenvalue weighted by atomic mass is 10.1. The highest BCUT2D eigenvalue weighted by Crippen LogP contribution is 2.10. The molecular weight excluding hydrogens is 166 g/mol. The van der Waals surface area contributed by atoms with Crippen molar-refractivity contribution in [2.75, 3.05) is 27.4 Å². The van der Waals surface area contributed by atoms with Gasteiger partial charge in [0.05, 0.1) is 12.7 Å². The SMILES string of the molecule is COC/C=C(/CCN)CC(C)OC. The van der Waals surface area contributed by atoms with Gasteiger partial charge in [0.15, 0.2) is 0 Å². The first-order chi connectivity index (χ1) is 6.24. The average Bonchev–Trinajstić information content (AvgIpc) is 2.14. The molecule has 0 aliphatic carbocycles.